The Morgan fingerprint density at radius 1 is 1.32 bits per heavy atom. The smallest absolute Gasteiger partial charge is 0.317 e. The highest BCUT2D eigenvalue weighted by atomic mass is 16.4. The highest BCUT2D eigenvalue weighted by Crippen LogP contribution is 2.18. The Bertz CT molecular complexity index is 490. The largest absolute Gasteiger partial charge is 0.480 e. The van der Waals surface area contributed by atoms with Crippen molar-refractivity contribution in [3.63, 3.8) is 0 Å². The summed E-state index contributed by atoms with van der Waals surface area (Å²) in [6, 6.07) is 9.23. The van der Waals surface area contributed by atoms with E-state index in [4.69, 9.17) is 5.11 Å². The highest BCUT2D eigenvalue weighted by Gasteiger charge is 2.21. The lowest BCUT2D eigenvalue weighted by Crippen LogP contribution is -2.36. The van der Waals surface area contributed by atoms with Crippen LogP contribution in [0.2, 0.25) is 0 Å². The Morgan fingerprint density at radius 3 is 2.82 bits per heavy atom. The number of benzene rings is 1. The fraction of sp³-hybridized carbons (Fsp3) is 0.611. The van der Waals surface area contributed by atoms with Gasteiger partial charge in [0.2, 0.25) is 0 Å². The number of likely N-dealkylation sites (tertiary alicyclic amines) is 1. The van der Waals surface area contributed by atoms with Crippen molar-refractivity contribution in [2.24, 2.45) is 0 Å². The molecule has 2 rings (SSSR count). The first-order valence-corrected chi connectivity index (χ1v) is 8.30. The van der Waals surface area contributed by atoms with Gasteiger partial charge in [0.05, 0.1) is 6.54 Å². The molecule has 1 heterocycles. The minimum absolute atomic E-state index is 0.142. The number of likely N-dealkylation sites (N-methyl/N-ethyl adjacent to an activating group) is 1. The van der Waals surface area contributed by atoms with Gasteiger partial charge >= 0.3 is 5.97 Å². The third-order valence-electron chi connectivity index (χ3n) is 4.60. The summed E-state index contributed by atoms with van der Waals surface area (Å²) < 4.78 is 0. The topological polar surface area (TPSA) is 43.8 Å². The van der Waals surface area contributed by atoms with Crippen molar-refractivity contribution >= 4 is 5.97 Å². The Kier molecular flexibility index (Phi) is 6.40. The van der Waals surface area contributed by atoms with Gasteiger partial charge < -0.3 is 5.11 Å². The maximum absolute atomic E-state index is 10.9. The Balaban J connectivity index is 1.88. The van der Waals surface area contributed by atoms with Crippen LogP contribution in [0, 0.1) is 0 Å². The molecule has 0 bridgehead atoms. The molecule has 1 aliphatic heterocycles. The number of rotatable bonds is 6. The molecule has 0 aliphatic carbocycles. The van der Waals surface area contributed by atoms with Crippen molar-refractivity contribution in [3.05, 3.63) is 35.4 Å². The van der Waals surface area contributed by atoms with Gasteiger partial charge in [-0.1, -0.05) is 31.2 Å². The van der Waals surface area contributed by atoms with E-state index in [-0.39, 0.29) is 6.54 Å². The molecule has 1 aromatic rings. The van der Waals surface area contributed by atoms with E-state index in [1.807, 2.05) is 11.9 Å². The van der Waals surface area contributed by atoms with Gasteiger partial charge in [0, 0.05) is 12.6 Å². The number of carboxylic acids is 1. The molecule has 4 heteroatoms. The standard InChI is InChI=1S/C18H28N2O2/c1-3-15-6-4-7-16(12-15)13-20-10-5-8-17(9-11-20)19(2)14-18(21)22/h4,6-7,12,17H,3,5,8-11,13-14H2,1-2H3,(H,21,22). The Morgan fingerprint density at radius 2 is 2.09 bits per heavy atom. The molecule has 1 aromatic carbocycles. The molecular weight excluding hydrogens is 276 g/mol. The van der Waals surface area contributed by atoms with E-state index < -0.39 is 5.97 Å². The summed E-state index contributed by atoms with van der Waals surface area (Å²) in [5.74, 6) is -0.736. The fourth-order valence-electron chi connectivity index (χ4n) is 3.29. The van der Waals surface area contributed by atoms with Crippen LogP contribution < -0.4 is 0 Å². The zero-order valence-electron chi connectivity index (χ0n) is 13.8. The molecule has 1 fully saturated rings. The quantitative estimate of drug-likeness (QED) is 0.877. The number of nitrogens with zero attached hydrogens (tertiary/aromatic N) is 2. The summed E-state index contributed by atoms with van der Waals surface area (Å²) in [4.78, 5) is 15.3. The molecule has 0 spiro atoms. The summed E-state index contributed by atoms with van der Waals surface area (Å²) in [7, 11) is 1.93. The highest BCUT2D eigenvalue weighted by molar-refractivity contribution is 5.69. The van der Waals surface area contributed by atoms with E-state index in [2.05, 4.69) is 36.1 Å². The second-order valence-corrected chi connectivity index (χ2v) is 6.34. The van der Waals surface area contributed by atoms with E-state index in [1.165, 1.54) is 11.1 Å². The van der Waals surface area contributed by atoms with Crippen molar-refractivity contribution in [1.29, 1.82) is 0 Å². The molecule has 1 aliphatic rings. The number of aliphatic carboxylic acids is 1. The number of carboxylic acid groups (broad SMARTS) is 1. The summed E-state index contributed by atoms with van der Waals surface area (Å²) >= 11 is 0. The first kappa shape index (κ1) is 17.0. The monoisotopic (exact) mass is 304 g/mol. The predicted octanol–water partition coefficient (Wildman–Crippen LogP) is 2.62. The van der Waals surface area contributed by atoms with Crippen LogP contribution in [0.25, 0.3) is 0 Å². The lowest BCUT2D eigenvalue weighted by molar-refractivity contribution is -0.138. The van der Waals surface area contributed by atoms with Gasteiger partial charge in [-0.3, -0.25) is 14.6 Å². The minimum atomic E-state index is -0.736. The van der Waals surface area contributed by atoms with Crippen molar-refractivity contribution in [2.75, 3.05) is 26.7 Å². The average Bonchev–Trinajstić information content (AvgIpc) is 2.72. The van der Waals surface area contributed by atoms with Crippen LogP contribution in [0.1, 0.15) is 37.3 Å². The van der Waals surface area contributed by atoms with Crippen molar-refractivity contribution in [3.8, 4) is 0 Å². The molecule has 0 radical (unpaired) electrons. The van der Waals surface area contributed by atoms with Crippen LogP contribution in [0.5, 0.6) is 0 Å². The molecule has 22 heavy (non-hydrogen) atoms. The summed E-state index contributed by atoms with van der Waals surface area (Å²) in [5, 5.41) is 8.93. The maximum atomic E-state index is 10.9. The summed E-state index contributed by atoms with van der Waals surface area (Å²) in [6.45, 7) is 5.49. The number of carbonyl (C=O) groups is 1. The van der Waals surface area contributed by atoms with Gasteiger partial charge in [-0.2, -0.15) is 0 Å². The number of aryl methyl sites for hydroxylation is 1. The second kappa shape index (κ2) is 8.30. The molecular formula is C18H28N2O2. The van der Waals surface area contributed by atoms with Crippen LogP contribution in [-0.4, -0.2) is 53.6 Å². The predicted molar refractivity (Wildman–Crippen MR) is 89.0 cm³/mol. The van der Waals surface area contributed by atoms with E-state index in [0.717, 1.165) is 45.3 Å². The maximum Gasteiger partial charge on any atom is 0.317 e. The molecule has 1 saturated heterocycles. The Hall–Kier alpha value is -1.39. The molecule has 1 unspecified atom stereocenters. The molecule has 4 nitrogen and oxygen atoms in total. The lowest BCUT2D eigenvalue weighted by Gasteiger charge is -2.25. The van der Waals surface area contributed by atoms with E-state index in [0.29, 0.717) is 6.04 Å². The number of hydrogen-bond donors (Lipinski definition) is 1. The van der Waals surface area contributed by atoms with Crippen molar-refractivity contribution in [2.45, 2.75) is 45.2 Å². The van der Waals surface area contributed by atoms with Gasteiger partial charge in [0.15, 0.2) is 0 Å². The zero-order chi connectivity index (χ0) is 15.9. The first-order valence-electron chi connectivity index (χ1n) is 8.30. The van der Waals surface area contributed by atoms with Crippen molar-refractivity contribution in [1.82, 2.24) is 9.80 Å². The van der Waals surface area contributed by atoms with Crippen LogP contribution in [-0.2, 0) is 17.8 Å². The van der Waals surface area contributed by atoms with E-state index in [1.54, 1.807) is 0 Å². The molecule has 1 atom stereocenters. The number of hydrogen-bond acceptors (Lipinski definition) is 3. The normalized spacial score (nSPS) is 20.0. The second-order valence-electron chi connectivity index (χ2n) is 6.34. The minimum Gasteiger partial charge on any atom is -0.480 e. The van der Waals surface area contributed by atoms with Crippen molar-refractivity contribution < 1.29 is 9.90 Å². The molecule has 0 amide bonds. The third kappa shape index (κ3) is 5.11. The summed E-state index contributed by atoms with van der Waals surface area (Å²) in [6.07, 6.45) is 4.37. The van der Waals surface area contributed by atoms with Crippen LogP contribution in [0.15, 0.2) is 24.3 Å². The van der Waals surface area contributed by atoms with E-state index >= 15 is 0 Å². The van der Waals surface area contributed by atoms with E-state index in [9.17, 15) is 4.79 Å². The van der Waals surface area contributed by atoms with Crippen LogP contribution >= 0.6 is 0 Å². The zero-order valence-corrected chi connectivity index (χ0v) is 13.8. The lowest BCUT2D eigenvalue weighted by atomic mass is 10.1. The molecule has 122 valence electrons. The molecule has 0 saturated carbocycles. The first-order chi connectivity index (χ1) is 10.6. The van der Waals surface area contributed by atoms with Gasteiger partial charge in [0.1, 0.15) is 0 Å². The molecule has 1 N–H and O–H groups in total. The SMILES string of the molecule is CCc1cccc(CN2CCCC(N(C)CC(=O)O)CC2)c1. The van der Waals surface area contributed by atoms with Gasteiger partial charge in [-0.15, -0.1) is 0 Å². The van der Waals surface area contributed by atoms with Crippen LogP contribution in [0.3, 0.4) is 0 Å². The average molecular weight is 304 g/mol. The fourth-order valence-corrected chi connectivity index (χ4v) is 3.29. The van der Waals surface area contributed by atoms with Gasteiger partial charge in [0.25, 0.3) is 0 Å². The third-order valence-corrected chi connectivity index (χ3v) is 4.60. The summed E-state index contributed by atoms with van der Waals surface area (Å²) in [5.41, 5.74) is 2.78. The van der Waals surface area contributed by atoms with Gasteiger partial charge in [-0.25, -0.2) is 0 Å². The molecule has 0 aromatic heterocycles. The van der Waals surface area contributed by atoms with Crippen LogP contribution in [0.4, 0.5) is 0 Å². The van der Waals surface area contributed by atoms with Gasteiger partial charge in [-0.05, 0) is 56.9 Å². The Labute approximate surface area is 133 Å².